The van der Waals surface area contributed by atoms with Gasteiger partial charge in [0.25, 0.3) is 0 Å². The van der Waals surface area contributed by atoms with Crippen molar-refractivity contribution < 1.29 is 19.4 Å². The maximum atomic E-state index is 12.2. The molecule has 2 N–H and O–H groups in total. The van der Waals surface area contributed by atoms with Crippen LogP contribution in [-0.2, 0) is 9.53 Å². The molecule has 0 aliphatic carbocycles. The Morgan fingerprint density at radius 3 is 2.16 bits per heavy atom. The van der Waals surface area contributed by atoms with Crippen molar-refractivity contribution in [2.75, 3.05) is 20.3 Å². The fourth-order valence-electron chi connectivity index (χ4n) is 1.94. The molecule has 0 unspecified atom stereocenters. The molecule has 2 amide bonds. The lowest BCUT2D eigenvalue weighted by Crippen LogP contribution is -2.52. The molecule has 0 aliphatic rings. The summed E-state index contributed by atoms with van der Waals surface area (Å²) in [7, 11) is 1.58. The van der Waals surface area contributed by atoms with E-state index in [2.05, 4.69) is 5.32 Å². The lowest BCUT2D eigenvalue weighted by atomic mass is 10.1. The first-order valence-electron chi connectivity index (χ1n) is 6.80. The third-order valence-corrected chi connectivity index (χ3v) is 3.18. The molecule has 6 nitrogen and oxygen atoms in total. The highest BCUT2D eigenvalue weighted by molar-refractivity contribution is 5.82. The highest BCUT2D eigenvalue weighted by Crippen LogP contribution is 2.09. The molecule has 1 atom stereocenters. The van der Waals surface area contributed by atoms with Crippen molar-refractivity contribution in [2.24, 2.45) is 0 Å². The molecule has 6 heteroatoms. The van der Waals surface area contributed by atoms with Crippen LogP contribution < -0.4 is 5.32 Å². The van der Waals surface area contributed by atoms with Gasteiger partial charge in [-0.3, -0.25) is 0 Å². The van der Waals surface area contributed by atoms with Crippen molar-refractivity contribution in [1.82, 2.24) is 10.2 Å². The number of carboxylic acids is 1. The van der Waals surface area contributed by atoms with Crippen molar-refractivity contribution in [3.05, 3.63) is 0 Å². The van der Waals surface area contributed by atoms with Crippen molar-refractivity contribution in [3.63, 3.8) is 0 Å². The summed E-state index contributed by atoms with van der Waals surface area (Å²) >= 11 is 0. The van der Waals surface area contributed by atoms with Crippen LogP contribution in [0.4, 0.5) is 4.79 Å². The first-order valence-corrected chi connectivity index (χ1v) is 6.80. The molecule has 0 fully saturated rings. The molecule has 0 spiro atoms. The van der Waals surface area contributed by atoms with Gasteiger partial charge in [-0.15, -0.1) is 0 Å². The number of carbonyl (C=O) groups is 2. The van der Waals surface area contributed by atoms with Crippen molar-refractivity contribution >= 4 is 12.0 Å². The predicted octanol–water partition coefficient (Wildman–Crippen LogP) is 1.70. The monoisotopic (exact) mass is 274 g/mol. The molecular formula is C13H26N2O4. The maximum absolute atomic E-state index is 12.2. The molecule has 0 radical (unpaired) electrons. The van der Waals surface area contributed by atoms with Crippen molar-refractivity contribution in [3.8, 4) is 0 Å². The largest absolute Gasteiger partial charge is 0.480 e. The highest BCUT2D eigenvalue weighted by atomic mass is 16.5. The molecule has 0 saturated heterocycles. The van der Waals surface area contributed by atoms with E-state index in [-0.39, 0.29) is 12.1 Å². The number of ether oxygens (including phenoxy) is 1. The van der Waals surface area contributed by atoms with Gasteiger partial charge in [-0.25, -0.2) is 9.59 Å². The standard InChI is InChI=1S/C13H26N2O4/c1-5-10(6-2)15(8-9-19-4)13(18)14-11(7-3)12(16)17/h10-11H,5-9H2,1-4H3,(H,14,18)(H,16,17)/t11-/m0/s1. The van der Waals surface area contributed by atoms with Gasteiger partial charge in [0.05, 0.1) is 6.61 Å². The zero-order valence-electron chi connectivity index (χ0n) is 12.3. The molecule has 0 saturated carbocycles. The Morgan fingerprint density at radius 1 is 1.21 bits per heavy atom. The Balaban J connectivity index is 4.73. The third-order valence-electron chi connectivity index (χ3n) is 3.18. The number of amides is 2. The Hall–Kier alpha value is -1.30. The minimum Gasteiger partial charge on any atom is -0.480 e. The van der Waals surface area contributed by atoms with E-state index in [1.165, 1.54) is 0 Å². The van der Waals surface area contributed by atoms with Crippen LogP contribution in [-0.4, -0.2) is 54.4 Å². The van der Waals surface area contributed by atoms with Gasteiger partial charge >= 0.3 is 12.0 Å². The summed E-state index contributed by atoms with van der Waals surface area (Å²) in [5.41, 5.74) is 0. The van der Waals surface area contributed by atoms with E-state index in [4.69, 9.17) is 9.84 Å². The quantitative estimate of drug-likeness (QED) is 0.670. The second-order valence-electron chi connectivity index (χ2n) is 4.41. The van der Waals surface area contributed by atoms with Gasteiger partial charge in [-0.1, -0.05) is 20.8 Å². The van der Waals surface area contributed by atoms with Crippen molar-refractivity contribution in [1.29, 1.82) is 0 Å². The van der Waals surface area contributed by atoms with Gasteiger partial charge in [0.15, 0.2) is 0 Å². The smallest absolute Gasteiger partial charge is 0.326 e. The van der Waals surface area contributed by atoms with Gasteiger partial charge in [-0.2, -0.15) is 0 Å². The molecular weight excluding hydrogens is 248 g/mol. The average molecular weight is 274 g/mol. The van der Waals surface area contributed by atoms with Gasteiger partial charge in [0.2, 0.25) is 0 Å². The Kier molecular flexibility index (Phi) is 8.95. The van der Waals surface area contributed by atoms with Crippen LogP contribution in [0.2, 0.25) is 0 Å². The zero-order valence-corrected chi connectivity index (χ0v) is 12.3. The summed E-state index contributed by atoms with van der Waals surface area (Å²) in [4.78, 5) is 24.8. The molecule has 0 aromatic carbocycles. The first kappa shape index (κ1) is 17.7. The van der Waals surface area contributed by atoms with Crippen LogP contribution in [0.25, 0.3) is 0 Å². The normalized spacial score (nSPS) is 12.3. The topological polar surface area (TPSA) is 78.9 Å². The lowest BCUT2D eigenvalue weighted by molar-refractivity contribution is -0.139. The molecule has 0 aromatic rings. The molecule has 19 heavy (non-hydrogen) atoms. The van der Waals surface area contributed by atoms with Gasteiger partial charge < -0.3 is 20.1 Å². The average Bonchev–Trinajstić information content (AvgIpc) is 2.40. The Morgan fingerprint density at radius 2 is 1.79 bits per heavy atom. The van der Waals surface area contributed by atoms with Crippen LogP contribution in [0.15, 0.2) is 0 Å². The van der Waals surface area contributed by atoms with Crippen LogP contribution in [0.3, 0.4) is 0 Å². The first-order chi connectivity index (χ1) is 9.01. The maximum Gasteiger partial charge on any atom is 0.326 e. The van der Waals surface area contributed by atoms with E-state index in [9.17, 15) is 9.59 Å². The molecule has 0 aliphatic heterocycles. The summed E-state index contributed by atoms with van der Waals surface area (Å²) in [6.45, 7) is 6.65. The second-order valence-corrected chi connectivity index (χ2v) is 4.41. The van der Waals surface area contributed by atoms with Crippen molar-refractivity contribution in [2.45, 2.75) is 52.1 Å². The van der Waals surface area contributed by atoms with E-state index in [0.29, 0.717) is 19.6 Å². The van der Waals surface area contributed by atoms with Crippen LogP contribution in [0.1, 0.15) is 40.0 Å². The number of nitrogens with zero attached hydrogens (tertiary/aromatic N) is 1. The van der Waals surface area contributed by atoms with E-state index < -0.39 is 12.0 Å². The number of urea groups is 1. The predicted molar refractivity (Wildman–Crippen MR) is 73.2 cm³/mol. The number of methoxy groups -OCH3 is 1. The van der Waals surface area contributed by atoms with E-state index in [1.807, 2.05) is 13.8 Å². The number of carbonyl (C=O) groups excluding carboxylic acids is 1. The van der Waals surface area contributed by atoms with E-state index >= 15 is 0 Å². The third kappa shape index (κ3) is 5.92. The number of rotatable bonds is 9. The van der Waals surface area contributed by atoms with Crippen LogP contribution in [0.5, 0.6) is 0 Å². The lowest BCUT2D eigenvalue weighted by Gasteiger charge is -2.31. The molecule has 0 bridgehead atoms. The number of aliphatic carboxylic acids is 1. The van der Waals surface area contributed by atoms with Gasteiger partial charge in [-0.05, 0) is 19.3 Å². The summed E-state index contributed by atoms with van der Waals surface area (Å²) in [6, 6.07) is -1.08. The summed E-state index contributed by atoms with van der Waals surface area (Å²) in [5, 5.41) is 11.5. The van der Waals surface area contributed by atoms with E-state index in [0.717, 1.165) is 12.8 Å². The summed E-state index contributed by atoms with van der Waals surface area (Å²) in [5.74, 6) is -1.01. The van der Waals surface area contributed by atoms with Crippen LogP contribution in [0, 0.1) is 0 Å². The number of hydrogen-bond acceptors (Lipinski definition) is 3. The minimum absolute atomic E-state index is 0.0986. The fourth-order valence-corrected chi connectivity index (χ4v) is 1.94. The SMILES string of the molecule is CCC(CC)N(CCOC)C(=O)N[C@@H](CC)C(=O)O. The van der Waals surface area contributed by atoms with Gasteiger partial charge in [0, 0.05) is 19.7 Å². The minimum atomic E-state index is -1.01. The second kappa shape index (κ2) is 9.61. The molecule has 0 heterocycles. The van der Waals surface area contributed by atoms with Crippen LogP contribution >= 0.6 is 0 Å². The zero-order chi connectivity index (χ0) is 14.8. The molecule has 112 valence electrons. The van der Waals surface area contributed by atoms with Gasteiger partial charge in [0.1, 0.15) is 6.04 Å². The summed E-state index contributed by atoms with van der Waals surface area (Å²) < 4.78 is 5.00. The number of carboxylic acid groups (broad SMARTS) is 1. The Bertz CT molecular complexity index is 280. The fraction of sp³-hybridized carbons (Fsp3) is 0.846. The number of hydrogen-bond donors (Lipinski definition) is 2. The summed E-state index contributed by atoms with van der Waals surface area (Å²) in [6.07, 6.45) is 2.02. The molecule has 0 aromatic heterocycles. The Labute approximate surface area is 115 Å². The van der Waals surface area contributed by atoms with E-state index in [1.54, 1.807) is 18.9 Å². The highest BCUT2D eigenvalue weighted by Gasteiger charge is 2.25. The number of nitrogens with one attached hydrogen (secondary N) is 1. The molecule has 0 rings (SSSR count).